The molecule has 0 N–H and O–H groups in total. The van der Waals surface area contributed by atoms with Gasteiger partial charge in [0.1, 0.15) is 0 Å². The van der Waals surface area contributed by atoms with Crippen molar-refractivity contribution in [3.63, 3.8) is 0 Å². The summed E-state index contributed by atoms with van der Waals surface area (Å²) in [5.74, 6) is -0.576. The maximum atomic E-state index is 11.1. The number of carbonyl (C=O) groups excluding carboxylic acids is 1. The molecule has 1 aromatic carbocycles. The van der Waals surface area contributed by atoms with Gasteiger partial charge in [-0.2, -0.15) is 0 Å². The number of azide groups is 1. The lowest BCUT2D eigenvalue weighted by Gasteiger charge is -1.96. The molecular formula is C10H8ClN3O. The van der Waals surface area contributed by atoms with E-state index in [4.69, 9.17) is 17.1 Å². The van der Waals surface area contributed by atoms with Gasteiger partial charge in [0.15, 0.2) is 0 Å². The summed E-state index contributed by atoms with van der Waals surface area (Å²) in [4.78, 5) is 13.5. The van der Waals surface area contributed by atoms with E-state index in [9.17, 15) is 4.79 Å². The van der Waals surface area contributed by atoms with Crippen molar-refractivity contribution in [3.8, 4) is 0 Å². The van der Waals surface area contributed by atoms with Crippen LogP contribution in [0.25, 0.3) is 16.5 Å². The quantitative estimate of drug-likeness (QED) is 0.326. The van der Waals surface area contributed by atoms with Gasteiger partial charge in [-0.3, -0.25) is 4.79 Å². The number of nitrogens with zero attached hydrogens (tertiary/aromatic N) is 3. The van der Waals surface area contributed by atoms with Gasteiger partial charge in [-0.25, -0.2) is 0 Å². The van der Waals surface area contributed by atoms with Crippen LogP contribution in [-0.4, -0.2) is 5.91 Å². The summed E-state index contributed by atoms with van der Waals surface area (Å²) < 4.78 is 0. The molecule has 15 heavy (non-hydrogen) atoms. The molecule has 0 aromatic heterocycles. The lowest BCUT2D eigenvalue weighted by molar-refractivity contribution is -0.114. The van der Waals surface area contributed by atoms with Crippen molar-refractivity contribution in [2.75, 3.05) is 0 Å². The summed E-state index contributed by atoms with van der Waals surface area (Å²) in [5.41, 5.74) is 9.30. The highest BCUT2D eigenvalue weighted by Gasteiger charge is 2.00. The molecule has 0 heterocycles. The highest BCUT2D eigenvalue weighted by atomic mass is 35.5. The van der Waals surface area contributed by atoms with E-state index in [1.54, 1.807) is 37.3 Å². The van der Waals surface area contributed by atoms with Gasteiger partial charge in [-0.1, -0.05) is 23.7 Å². The molecule has 0 aliphatic heterocycles. The van der Waals surface area contributed by atoms with E-state index in [1.165, 1.54) is 0 Å². The van der Waals surface area contributed by atoms with Crippen molar-refractivity contribution in [1.29, 1.82) is 0 Å². The molecule has 0 fully saturated rings. The molecule has 0 saturated heterocycles. The summed E-state index contributed by atoms with van der Waals surface area (Å²) in [6, 6.07) is 6.99. The summed E-state index contributed by atoms with van der Waals surface area (Å²) >= 11 is 5.71. The summed E-state index contributed by atoms with van der Waals surface area (Å²) in [5, 5.41) is 3.62. The lowest BCUT2D eigenvalue weighted by atomic mass is 10.1. The lowest BCUT2D eigenvalue weighted by Crippen LogP contribution is -1.92. The van der Waals surface area contributed by atoms with Crippen LogP contribution in [0, 0.1) is 0 Å². The van der Waals surface area contributed by atoms with Crippen molar-refractivity contribution in [2.45, 2.75) is 6.92 Å². The van der Waals surface area contributed by atoms with Crippen molar-refractivity contribution in [3.05, 3.63) is 50.9 Å². The van der Waals surface area contributed by atoms with Crippen molar-refractivity contribution < 1.29 is 4.79 Å². The molecule has 1 amide bonds. The monoisotopic (exact) mass is 221 g/mol. The third-order valence-electron chi connectivity index (χ3n) is 1.73. The van der Waals surface area contributed by atoms with Crippen LogP contribution in [0.15, 0.2) is 35.0 Å². The third-order valence-corrected chi connectivity index (χ3v) is 1.98. The average molecular weight is 222 g/mol. The normalized spacial score (nSPS) is 10.7. The Bertz CT molecular complexity index is 444. The molecule has 0 aliphatic carbocycles. The number of carbonyl (C=O) groups is 1. The third kappa shape index (κ3) is 3.46. The molecule has 0 atom stereocenters. The first-order valence-electron chi connectivity index (χ1n) is 4.17. The van der Waals surface area contributed by atoms with Gasteiger partial charge in [0.2, 0.25) is 5.91 Å². The Morgan fingerprint density at radius 3 is 2.60 bits per heavy atom. The molecule has 76 valence electrons. The van der Waals surface area contributed by atoms with Crippen LogP contribution in [-0.2, 0) is 4.79 Å². The van der Waals surface area contributed by atoms with E-state index in [0.29, 0.717) is 10.6 Å². The van der Waals surface area contributed by atoms with E-state index in [0.717, 1.165) is 5.56 Å². The fourth-order valence-corrected chi connectivity index (χ4v) is 1.12. The Morgan fingerprint density at radius 2 is 2.07 bits per heavy atom. The van der Waals surface area contributed by atoms with Crippen LogP contribution < -0.4 is 0 Å². The number of rotatable bonds is 2. The second kappa shape index (κ2) is 5.20. The number of hydrogen-bond donors (Lipinski definition) is 0. The summed E-state index contributed by atoms with van der Waals surface area (Å²) in [6.07, 6.45) is 1.63. The Balaban J connectivity index is 2.92. The van der Waals surface area contributed by atoms with Gasteiger partial charge in [0.05, 0.1) is 0 Å². The van der Waals surface area contributed by atoms with E-state index >= 15 is 0 Å². The minimum absolute atomic E-state index is 0.384. The van der Waals surface area contributed by atoms with Crippen LogP contribution in [0.2, 0.25) is 5.02 Å². The number of hydrogen-bond acceptors (Lipinski definition) is 1. The van der Waals surface area contributed by atoms with Gasteiger partial charge in [-0.05, 0) is 46.9 Å². The van der Waals surface area contributed by atoms with Gasteiger partial charge in [-0.15, -0.1) is 0 Å². The van der Waals surface area contributed by atoms with Crippen LogP contribution in [0.5, 0.6) is 0 Å². The van der Waals surface area contributed by atoms with Crippen molar-refractivity contribution in [2.24, 2.45) is 5.11 Å². The first-order chi connectivity index (χ1) is 7.13. The van der Waals surface area contributed by atoms with Crippen LogP contribution >= 0.6 is 11.6 Å². The molecule has 1 aromatic rings. The van der Waals surface area contributed by atoms with Gasteiger partial charge < -0.3 is 0 Å². The minimum atomic E-state index is -0.576. The molecular weight excluding hydrogens is 214 g/mol. The van der Waals surface area contributed by atoms with E-state index in [-0.39, 0.29) is 0 Å². The Kier molecular flexibility index (Phi) is 3.92. The number of amides is 1. The number of benzene rings is 1. The fourth-order valence-electron chi connectivity index (χ4n) is 0.990. The predicted octanol–water partition coefficient (Wildman–Crippen LogP) is 3.58. The van der Waals surface area contributed by atoms with E-state index in [2.05, 4.69) is 10.0 Å². The molecule has 0 unspecified atom stereocenters. The van der Waals surface area contributed by atoms with Crippen molar-refractivity contribution >= 4 is 23.6 Å². The maximum absolute atomic E-state index is 11.1. The Morgan fingerprint density at radius 1 is 1.47 bits per heavy atom. The van der Waals surface area contributed by atoms with Gasteiger partial charge >= 0.3 is 0 Å². The molecule has 0 radical (unpaired) electrons. The Hall–Kier alpha value is -1.77. The molecule has 0 spiro atoms. The fraction of sp³-hybridized carbons (Fsp3) is 0.100. The average Bonchev–Trinajstić information content (AvgIpc) is 2.22. The van der Waals surface area contributed by atoms with Crippen LogP contribution in [0.1, 0.15) is 12.5 Å². The maximum Gasteiger partial charge on any atom is 0.244 e. The second-order valence-electron chi connectivity index (χ2n) is 2.87. The first-order valence-corrected chi connectivity index (χ1v) is 4.54. The zero-order valence-electron chi connectivity index (χ0n) is 8.01. The SMILES string of the molecule is CC(=Cc1ccc(Cl)cc1)C(=O)N=[N+]=[N-]. The van der Waals surface area contributed by atoms with Gasteiger partial charge in [0, 0.05) is 9.93 Å². The molecule has 0 bridgehead atoms. The zero-order chi connectivity index (χ0) is 11.3. The molecule has 0 aliphatic rings. The molecule has 1 rings (SSSR count). The highest BCUT2D eigenvalue weighted by molar-refractivity contribution is 6.30. The van der Waals surface area contributed by atoms with Crippen molar-refractivity contribution in [1.82, 2.24) is 0 Å². The second-order valence-corrected chi connectivity index (χ2v) is 3.31. The summed E-state index contributed by atoms with van der Waals surface area (Å²) in [7, 11) is 0. The molecule has 4 nitrogen and oxygen atoms in total. The number of halogens is 1. The largest absolute Gasteiger partial charge is 0.287 e. The van der Waals surface area contributed by atoms with Gasteiger partial charge in [0.25, 0.3) is 0 Å². The minimum Gasteiger partial charge on any atom is -0.287 e. The topological polar surface area (TPSA) is 65.8 Å². The zero-order valence-corrected chi connectivity index (χ0v) is 8.77. The predicted molar refractivity (Wildman–Crippen MR) is 59.3 cm³/mol. The molecule has 0 saturated carbocycles. The Labute approximate surface area is 91.8 Å². The summed E-state index contributed by atoms with van der Waals surface area (Å²) in [6.45, 7) is 1.59. The van der Waals surface area contributed by atoms with Crippen LogP contribution in [0.3, 0.4) is 0 Å². The first kappa shape index (κ1) is 11.3. The van der Waals surface area contributed by atoms with Crippen LogP contribution in [0.4, 0.5) is 0 Å². The molecule has 5 heteroatoms. The van der Waals surface area contributed by atoms with E-state index < -0.39 is 5.91 Å². The smallest absolute Gasteiger partial charge is 0.244 e. The van der Waals surface area contributed by atoms with E-state index in [1.807, 2.05) is 0 Å². The standard InChI is InChI=1S/C10H8ClN3O/c1-7(10(15)13-14-12)6-8-2-4-9(11)5-3-8/h2-6H,1H3. The highest BCUT2D eigenvalue weighted by Crippen LogP contribution is 2.12.